The van der Waals surface area contributed by atoms with Crippen LogP contribution in [-0.4, -0.2) is 37.6 Å². The molecule has 0 aromatic heterocycles. The van der Waals surface area contributed by atoms with E-state index in [0.717, 1.165) is 36.3 Å². The molecule has 2 aliphatic heterocycles. The van der Waals surface area contributed by atoms with Gasteiger partial charge in [-0.2, -0.15) is 0 Å². The van der Waals surface area contributed by atoms with Gasteiger partial charge in [0.15, 0.2) is 0 Å². The largest absolute Gasteiger partial charge is 0.376 e. The van der Waals surface area contributed by atoms with E-state index in [9.17, 15) is 9.59 Å². The minimum Gasteiger partial charge on any atom is -0.376 e. The van der Waals surface area contributed by atoms with Gasteiger partial charge in [-0.1, -0.05) is 6.07 Å². The number of rotatable bonds is 4. The van der Waals surface area contributed by atoms with Crippen molar-refractivity contribution in [3.05, 3.63) is 29.3 Å². The molecule has 0 aliphatic carbocycles. The van der Waals surface area contributed by atoms with Crippen LogP contribution in [0.15, 0.2) is 18.2 Å². The fraction of sp³-hybridized carbons (Fsp3) is 0.556. The number of anilines is 1. The highest BCUT2D eigenvalue weighted by atomic mass is 16.5. The van der Waals surface area contributed by atoms with Crippen molar-refractivity contribution in [3.63, 3.8) is 0 Å². The highest BCUT2D eigenvalue weighted by molar-refractivity contribution is 6.00. The quantitative estimate of drug-likeness (QED) is 0.924. The van der Waals surface area contributed by atoms with E-state index >= 15 is 0 Å². The first-order chi connectivity index (χ1) is 11.0. The maximum atomic E-state index is 12.3. The number of carbonyl (C=O) groups excluding carboxylic acids is 2. The van der Waals surface area contributed by atoms with E-state index in [1.165, 1.54) is 0 Å². The molecule has 0 unspecified atom stereocenters. The monoisotopic (exact) mass is 316 g/mol. The molecule has 2 saturated heterocycles. The van der Waals surface area contributed by atoms with Gasteiger partial charge >= 0.3 is 0 Å². The molecule has 0 spiro atoms. The summed E-state index contributed by atoms with van der Waals surface area (Å²) in [5, 5.41) is 2.94. The molecule has 0 bridgehead atoms. The predicted molar refractivity (Wildman–Crippen MR) is 88.4 cm³/mol. The third-order valence-corrected chi connectivity index (χ3v) is 4.54. The molecule has 1 N–H and O–H groups in total. The molecule has 2 heterocycles. The number of carbonyl (C=O) groups is 2. The van der Waals surface area contributed by atoms with Crippen LogP contribution < -0.4 is 10.2 Å². The van der Waals surface area contributed by atoms with Crippen LogP contribution in [0.4, 0.5) is 5.69 Å². The minimum atomic E-state index is -0.273. The van der Waals surface area contributed by atoms with Crippen LogP contribution in [0.2, 0.25) is 0 Å². The fourth-order valence-electron chi connectivity index (χ4n) is 3.40. The van der Waals surface area contributed by atoms with Crippen LogP contribution in [0.5, 0.6) is 0 Å². The Kier molecular flexibility index (Phi) is 4.66. The van der Waals surface area contributed by atoms with E-state index in [4.69, 9.17) is 4.74 Å². The van der Waals surface area contributed by atoms with E-state index in [-0.39, 0.29) is 30.3 Å². The summed E-state index contributed by atoms with van der Waals surface area (Å²) in [6, 6.07) is 6.07. The highest BCUT2D eigenvalue weighted by Gasteiger charge is 2.35. The zero-order valence-corrected chi connectivity index (χ0v) is 13.8. The summed E-state index contributed by atoms with van der Waals surface area (Å²) in [6.45, 7) is 5.82. The normalized spacial score (nSPS) is 24.3. The average molecular weight is 316 g/mol. The summed E-state index contributed by atoms with van der Waals surface area (Å²) in [5.41, 5.74) is 3.14. The van der Waals surface area contributed by atoms with Crippen LogP contribution in [0.25, 0.3) is 0 Å². The lowest BCUT2D eigenvalue weighted by Gasteiger charge is -2.18. The molecule has 124 valence electrons. The summed E-state index contributed by atoms with van der Waals surface area (Å²) in [7, 11) is 0. The molecule has 2 aliphatic rings. The molecule has 2 amide bonds. The van der Waals surface area contributed by atoms with Gasteiger partial charge in [0.2, 0.25) is 11.8 Å². The van der Waals surface area contributed by atoms with Gasteiger partial charge in [-0.15, -0.1) is 0 Å². The number of ether oxygens (including phenoxy) is 1. The third-order valence-electron chi connectivity index (χ3n) is 4.54. The van der Waals surface area contributed by atoms with Crippen LogP contribution in [-0.2, 0) is 14.3 Å². The van der Waals surface area contributed by atoms with Crippen molar-refractivity contribution in [2.75, 3.05) is 24.6 Å². The topological polar surface area (TPSA) is 58.6 Å². The van der Waals surface area contributed by atoms with E-state index in [1.807, 2.05) is 26.0 Å². The summed E-state index contributed by atoms with van der Waals surface area (Å²) < 4.78 is 5.51. The Hall–Kier alpha value is -1.88. The fourth-order valence-corrected chi connectivity index (χ4v) is 3.40. The van der Waals surface area contributed by atoms with Crippen LogP contribution in [0.1, 0.15) is 30.4 Å². The molecule has 0 radical (unpaired) electrons. The first-order valence-corrected chi connectivity index (χ1v) is 8.31. The van der Waals surface area contributed by atoms with E-state index in [0.29, 0.717) is 13.1 Å². The van der Waals surface area contributed by atoms with Gasteiger partial charge in [-0.3, -0.25) is 9.59 Å². The van der Waals surface area contributed by atoms with Crippen molar-refractivity contribution in [1.29, 1.82) is 0 Å². The lowest BCUT2D eigenvalue weighted by atomic mass is 10.1. The van der Waals surface area contributed by atoms with Crippen LogP contribution in [0.3, 0.4) is 0 Å². The molecule has 0 saturated carbocycles. The first-order valence-electron chi connectivity index (χ1n) is 8.31. The number of amides is 2. The lowest BCUT2D eigenvalue weighted by Crippen LogP contribution is -2.37. The Bertz CT molecular complexity index is 588. The molecule has 1 aromatic rings. The Morgan fingerprint density at radius 2 is 2.04 bits per heavy atom. The molecule has 2 atom stereocenters. The molecule has 1 aromatic carbocycles. The SMILES string of the molecule is Cc1cc(C)cc(N2C[C@@H](C(=O)NC[C@H]3CCCO3)CC2=O)c1. The zero-order valence-electron chi connectivity index (χ0n) is 13.8. The second kappa shape index (κ2) is 6.71. The number of hydrogen-bond donors (Lipinski definition) is 1. The van der Waals surface area contributed by atoms with Crippen molar-refractivity contribution in [3.8, 4) is 0 Å². The predicted octanol–water partition coefficient (Wildman–Crippen LogP) is 1.95. The number of nitrogens with one attached hydrogen (secondary N) is 1. The second-order valence-corrected chi connectivity index (χ2v) is 6.63. The average Bonchev–Trinajstić information content (AvgIpc) is 3.13. The maximum absolute atomic E-state index is 12.3. The standard InChI is InChI=1S/C18H24N2O3/c1-12-6-13(2)8-15(7-12)20-11-14(9-17(20)21)18(22)19-10-16-4-3-5-23-16/h6-8,14,16H,3-5,9-11H2,1-2H3,(H,19,22)/t14-,16+/m0/s1. The maximum Gasteiger partial charge on any atom is 0.227 e. The second-order valence-electron chi connectivity index (χ2n) is 6.63. The Balaban J connectivity index is 1.61. The number of benzene rings is 1. The number of hydrogen-bond acceptors (Lipinski definition) is 3. The van der Waals surface area contributed by atoms with Gasteiger partial charge in [0, 0.05) is 31.8 Å². The number of aryl methyl sites for hydroxylation is 2. The van der Waals surface area contributed by atoms with Crippen molar-refractivity contribution >= 4 is 17.5 Å². The van der Waals surface area contributed by atoms with Gasteiger partial charge in [-0.05, 0) is 49.9 Å². The summed E-state index contributed by atoms with van der Waals surface area (Å²) in [5.74, 6) is -0.294. The lowest BCUT2D eigenvalue weighted by molar-refractivity contribution is -0.126. The highest BCUT2D eigenvalue weighted by Crippen LogP contribution is 2.27. The van der Waals surface area contributed by atoms with Crippen LogP contribution in [0, 0.1) is 19.8 Å². The van der Waals surface area contributed by atoms with Crippen molar-refractivity contribution in [2.45, 2.75) is 39.2 Å². The zero-order chi connectivity index (χ0) is 16.4. The van der Waals surface area contributed by atoms with E-state index < -0.39 is 0 Å². The Morgan fingerprint density at radius 1 is 1.30 bits per heavy atom. The van der Waals surface area contributed by atoms with Gasteiger partial charge in [0.25, 0.3) is 0 Å². The molecule has 23 heavy (non-hydrogen) atoms. The molecule has 5 heteroatoms. The molecular formula is C18H24N2O3. The summed E-state index contributed by atoms with van der Waals surface area (Å²) in [6.07, 6.45) is 2.47. The first kappa shape index (κ1) is 16.0. The van der Waals surface area contributed by atoms with Crippen molar-refractivity contribution in [1.82, 2.24) is 5.32 Å². The molecule has 3 rings (SSSR count). The Labute approximate surface area is 137 Å². The number of nitrogens with zero attached hydrogens (tertiary/aromatic N) is 1. The summed E-state index contributed by atoms with van der Waals surface area (Å²) in [4.78, 5) is 26.3. The van der Waals surface area contributed by atoms with Gasteiger partial charge < -0.3 is 15.0 Å². The molecular weight excluding hydrogens is 292 g/mol. The molecule has 2 fully saturated rings. The smallest absolute Gasteiger partial charge is 0.227 e. The van der Waals surface area contributed by atoms with Crippen molar-refractivity contribution in [2.24, 2.45) is 5.92 Å². The van der Waals surface area contributed by atoms with E-state index in [1.54, 1.807) is 4.90 Å². The van der Waals surface area contributed by atoms with Gasteiger partial charge in [0.1, 0.15) is 0 Å². The van der Waals surface area contributed by atoms with Crippen LogP contribution >= 0.6 is 0 Å². The Morgan fingerprint density at radius 3 is 2.70 bits per heavy atom. The van der Waals surface area contributed by atoms with E-state index in [2.05, 4.69) is 11.4 Å². The van der Waals surface area contributed by atoms with Gasteiger partial charge in [0.05, 0.1) is 12.0 Å². The third kappa shape index (κ3) is 3.72. The molecule has 5 nitrogen and oxygen atoms in total. The summed E-state index contributed by atoms with van der Waals surface area (Å²) >= 11 is 0. The minimum absolute atomic E-state index is 0.0206. The van der Waals surface area contributed by atoms with Crippen molar-refractivity contribution < 1.29 is 14.3 Å². The van der Waals surface area contributed by atoms with Gasteiger partial charge in [-0.25, -0.2) is 0 Å².